The van der Waals surface area contributed by atoms with Crippen molar-refractivity contribution >= 4 is 23.2 Å². The SMILES string of the molecule is CC(C)CC(CO)NCc1cc(Cl)cc(Cl)c1O. The van der Waals surface area contributed by atoms with Gasteiger partial charge < -0.3 is 15.5 Å². The van der Waals surface area contributed by atoms with Crippen molar-refractivity contribution < 1.29 is 10.2 Å². The predicted octanol–water partition coefficient (Wildman–Crippen LogP) is 3.20. The Morgan fingerprint density at radius 2 is 1.94 bits per heavy atom. The van der Waals surface area contributed by atoms with E-state index in [4.69, 9.17) is 23.2 Å². The molecule has 3 N–H and O–H groups in total. The van der Waals surface area contributed by atoms with E-state index < -0.39 is 0 Å². The van der Waals surface area contributed by atoms with Gasteiger partial charge in [0.25, 0.3) is 0 Å². The summed E-state index contributed by atoms with van der Waals surface area (Å²) < 4.78 is 0. The van der Waals surface area contributed by atoms with Gasteiger partial charge in [-0.25, -0.2) is 0 Å². The molecule has 0 saturated carbocycles. The van der Waals surface area contributed by atoms with Crippen LogP contribution >= 0.6 is 23.2 Å². The fourth-order valence-corrected chi connectivity index (χ4v) is 2.34. The summed E-state index contributed by atoms with van der Waals surface area (Å²) in [6, 6.07) is 3.17. The lowest BCUT2D eigenvalue weighted by atomic mass is 10.0. The molecule has 0 saturated heterocycles. The van der Waals surface area contributed by atoms with Crippen LogP contribution in [0.15, 0.2) is 12.1 Å². The number of rotatable bonds is 6. The molecule has 0 aliphatic rings. The fraction of sp³-hybridized carbons (Fsp3) is 0.538. The van der Waals surface area contributed by atoms with Crippen molar-refractivity contribution in [1.82, 2.24) is 5.32 Å². The number of nitrogens with one attached hydrogen (secondary N) is 1. The zero-order valence-electron chi connectivity index (χ0n) is 10.6. The first-order chi connectivity index (χ1) is 8.43. The van der Waals surface area contributed by atoms with Crippen molar-refractivity contribution in [2.75, 3.05) is 6.61 Å². The third-order valence-electron chi connectivity index (χ3n) is 2.66. The van der Waals surface area contributed by atoms with Gasteiger partial charge in [0, 0.05) is 23.2 Å². The molecule has 0 aliphatic heterocycles. The maximum atomic E-state index is 9.80. The Balaban J connectivity index is 2.67. The molecule has 102 valence electrons. The molecule has 0 heterocycles. The Kier molecular flexibility index (Phi) is 6.22. The first-order valence-corrected chi connectivity index (χ1v) is 6.70. The standard InChI is InChI=1S/C13H19Cl2NO2/c1-8(2)3-11(7-17)16-6-9-4-10(14)5-12(15)13(9)18/h4-5,8,11,16-18H,3,6-7H2,1-2H3. The lowest BCUT2D eigenvalue weighted by molar-refractivity contribution is 0.223. The third-order valence-corrected chi connectivity index (χ3v) is 3.17. The normalized spacial score (nSPS) is 13.0. The first kappa shape index (κ1) is 15.6. The lowest BCUT2D eigenvalue weighted by Crippen LogP contribution is -2.33. The monoisotopic (exact) mass is 291 g/mol. The van der Waals surface area contributed by atoms with Crippen molar-refractivity contribution in [1.29, 1.82) is 0 Å². The number of aliphatic hydroxyl groups excluding tert-OH is 1. The van der Waals surface area contributed by atoms with Crippen LogP contribution in [0, 0.1) is 5.92 Å². The number of benzene rings is 1. The molecule has 5 heteroatoms. The summed E-state index contributed by atoms with van der Waals surface area (Å²) >= 11 is 11.7. The van der Waals surface area contributed by atoms with Gasteiger partial charge in [0.15, 0.2) is 0 Å². The second-order valence-corrected chi connectivity index (χ2v) is 5.63. The smallest absolute Gasteiger partial charge is 0.138 e. The highest BCUT2D eigenvalue weighted by atomic mass is 35.5. The molecule has 1 aromatic carbocycles. The topological polar surface area (TPSA) is 52.5 Å². The Hall–Kier alpha value is -0.480. The van der Waals surface area contributed by atoms with Gasteiger partial charge in [-0.1, -0.05) is 37.0 Å². The molecule has 1 atom stereocenters. The van der Waals surface area contributed by atoms with Crippen LogP contribution in [-0.4, -0.2) is 22.9 Å². The van der Waals surface area contributed by atoms with Crippen LogP contribution in [0.4, 0.5) is 0 Å². The van der Waals surface area contributed by atoms with E-state index in [1.165, 1.54) is 6.07 Å². The van der Waals surface area contributed by atoms with Gasteiger partial charge in [-0.2, -0.15) is 0 Å². The van der Waals surface area contributed by atoms with E-state index in [0.717, 1.165) is 6.42 Å². The predicted molar refractivity (Wildman–Crippen MR) is 75.3 cm³/mol. The van der Waals surface area contributed by atoms with Gasteiger partial charge in [0.2, 0.25) is 0 Å². The molecular weight excluding hydrogens is 273 g/mol. The van der Waals surface area contributed by atoms with Crippen LogP contribution < -0.4 is 5.32 Å². The Morgan fingerprint density at radius 1 is 1.28 bits per heavy atom. The molecule has 0 aromatic heterocycles. The van der Waals surface area contributed by atoms with Crippen LogP contribution in [0.3, 0.4) is 0 Å². The molecular formula is C13H19Cl2NO2. The molecule has 1 aromatic rings. The number of hydrogen-bond acceptors (Lipinski definition) is 3. The molecule has 18 heavy (non-hydrogen) atoms. The minimum absolute atomic E-state index is 0.00200. The van der Waals surface area contributed by atoms with Gasteiger partial charge in [-0.3, -0.25) is 0 Å². The molecule has 0 bridgehead atoms. The number of phenolic OH excluding ortho intramolecular Hbond substituents is 1. The molecule has 0 amide bonds. The summed E-state index contributed by atoms with van der Waals surface area (Å²) in [5.74, 6) is 0.529. The number of halogens is 2. The second kappa shape index (κ2) is 7.19. The number of aliphatic hydroxyl groups is 1. The zero-order valence-corrected chi connectivity index (χ0v) is 12.1. The van der Waals surface area contributed by atoms with E-state index in [9.17, 15) is 10.2 Å². The van der Waals surface area contributed by atoms with E-state index >= 15 is 0 Å². The van der Waals surface area contributed by atoms with Gasteiger partial charge in [-0.15, -0.1) is 0 Å². The fourth-order valence-electron chi connectivity index (χ4n) is 1.80. The average molecular weight is 292 g/mol. The Morgan fingerprint density at radius 3 is 2.50 bits per heavy atom. The maximum Gasteiger partial charge on any atom is 0.138 e. The van der Waals surface area contributed by atoms with E-state index in [1.807, 2.05) is 0 Å². The van der Waals surface area contributed by atoms with Crippen LogP contribution in [0.5, 0.6) is 5.75 Å². The highest BCUT2D eigenvalue weighted by Gasteiger charge is 2.12. The van der Waals surface area contributed by atoms with Crippen molar-refractivity contribution in [2.45, 2.75) is 32.9 Å². The van der Waals surface area contributed by atoms with Crippen LogP contribution in [0.1, 0.15) is 25.8 Å². The van der Waals surface area contributed by atoms with E-state index in [1.54, 1.807) is 6.07 Å². The van der Waals surface area contributed by atoms with Gasteiger partial charge in [0.05, 0.1) is 11.6 Å². The molecule has 0 radical (unpaired) electrons. The van der Waals surface area contributed by atoms with Crippen LogP contribution in [-0.2, 0) is 6.54 Å². The number of aromatic hydroxyl groups is 1. The molecule has 0 spiro atoms. The zero-order chi connectivity index (χ0) is 13.7. The lowest BCUT2D eigenvalue weighted by Gasteiger charge is -2.19. The second-order valence-electron chi connectivity index (χ2n) is 4.79. The Bertz CT molecular complexity index is 397. The quantitative estimate of drug-likeness (QED) is 0.754. The summed E-state index contributed by atoms with van der Waals surface area (Å²) in [7, 11) is 0. The van der Waals surface area contributed by atoms with E-state index in [2.05, 4.69) is 19.2 Å². The Labute approximate surface area is 118 Å². The third kappa shape index (κ3) is 4.65. The highest BCUT2D eigenvalue weighted by molar-refractivity contribution is 6.35. The molecule has 0 fully saturated rings. The van der Waals surface area contributed by atoms with Crippen molar-refractivity contribution in [2.24, 2.45) is 5.92 Å². The van der Waals surface area contributed by atoms with Gasteiger partial charge in [0.1, 0.15) is 5.75 Å². The summed E-state index contributed by atoms with van der Waals surface area (Å²) in [6.07, 6.45) is 0.867. The first-order valence-electron chi connectivity index (χ1n) is 5.95. The summed E-state index contributed by atoms with van der Waals surface area (Å²) in [4.78, 5) is 0. The van der Waals surface area contributed by atoms with Crippen LogP contribution in [0.2, 0.25) is 10.0 Å². The molecule has 0 aliphatic carbocycles. The van der Waals surface area contributed by atoms with Gasteiger partial charge in [-0.05, 0) is 24.5 Å². The number of phenols is 1. The summed E-state index contributed by atoms with van der Waals surface area (Å²) in [6.45, 7) is 4.67. The van der Waals surface area contributed by atoms with Crippen molar-refractivity contribution in [3.63, 3.8) is 0 Å². The van der Waals surface area contributed by atoms with E-state index in [-0.39, 0.29) is 23.4 Å². The summed E-state index contributed by atoms with van der Waals surface area (Å²) in [5, 5.41) is 23.0. The molecule has 3 nitrogen and oxygen atoms in total. The highest BCUT2D eigenvalue weighted by Crippen LogP contribution is 2.31. The minimum atomic E-state index is 0.00200. The summed E-state index contributed by atoms with van der Waals surface area (Å²) in [5.41, 5.74) is 0.634. The molecule has 1 rings (SSSR count). The minimum Gasteiger partial charge on any atom is -0.506 e. The van der Waals surface area contributed by atoms with Crippen molar-refractivity contribution in [3.8, 4) is 5.75 Å². The molecule has 1 unspecified atom stereocenters. The van der Waals surface area contributed by atoms with Gasteiger partial charge >= 0.3 is 0 Å². The van der Waals surface area contributed by atoms with E-state index in [0.29, 0.717) is 23.0 Å². The van der Waals surface area contributed by atoms with Crippen molar-refractivity contribution in [3.05, 3.63) is 27.7 Å². The largest absolute Gasteiger partial charge is 0.506 e. The maximum absolute atomic E-state index is 9.80. The number of hydrogen-bond donors (Lipinski definition) is 3. The van der Waals surface area contributed by atoms with Crippen LogP contribution in [0.25, 0.3) is 0 Å². The average Bonchev–Trinajstić information content (AvgIpc) is 2.29.